The van der Waals surface area contributed by atoms with Crippen LogP contribution in [0, 0.1) is 11.7 Å². The van der Waals surface area contributed by atoms with Crippen molar-refractivity contribution >= 4 is 10.0 Å². The van der Waals surface area contributed by atoms with E-state index in [4.69, 9.17) is 15.2 Å². The van der Waals surface area contributed by atoms with Crippen LogP contribution in [0.15, 0.2) is 23.1 Å². The fraction of sp³-hybridized carbons (Fsp3) is 0.647. The molecule has 1 aliphatic carbocycles. The summed E-state index contributed by atoms with van der Waals surface area (Å²) in [5, 5.41) is 0. The maximum atomic E-state index is 14.3. The van der Waals surface area contributed by atoms with Gasteiger partial charge in [0.05, 0.1) is 18.1 Å². The Balaban J connectivity index is 1.70. The van der Waals surface area contributed by atoms with Gasteiger partial charge in [-0.2, -0.15) is 0 Å². The van der Waals surface area contributed by atoms with E-state index in [0.717, 1.165) is 25.3 Å². The highest BCUT2D eigenvalue weighted by molar-refractivity contribution is 7.89. The van der Waals surface area contributed by atoms with Gasteiger partial charge >= 0.3 is 0 Å². The van der Waals surface area contributed by atoms with Crippen LogP contribution < -0.4 is 15.2 Å². The van der Waals surface area contributed by atoms with E-state index in [-0.39, 0.29) is 23.1 Å². The summed E-state index contributed by atoms with van der Waals surface area (Å²) in [5.41, 5.74) is 5.16. The Morgan fingerprint density at radius 2 is 2.12 bits per heavy atom. The number of rotatable bonds is 7. The van der Waals surface area contributed by atoms with E-state index in [9.17, 15) is 12.8 Å². The first-order valence-corrected chi connectivity index (χ1v) is 10.2. The van der Waals surface area contributed by atoms with Crippen molar-refractivity contribution in [3.8, 4) is 5.75 Å². The molecule has 1 unspecified atom stereocenters. The monoisotopic (exact) mass is 372 g/mol. The molecule has 25 heavy (non-hydrogen) atoms. The maximum Gasteiger partial charge on any atom is 0.241 e. The molecule has 3 N–H and O–H groups in total. The normalized spacial score (nSPS) is 23.0. The molecule has 1 aliphatic heterocycles. The molecule has 2 aliphatic rings. The van der Waals surface area contributed by atoms with E-state index in [0.29, 0.717) is 32.7 Å². The predicted octanol–water partition coefficient (Wildman–Crippen LogP) is 1.79. The molecule has 0 spiro atoms. The number of halogens is 1. The molecule has 0 aromatic heterocycles. The Morgan fingerprint density at radius 3 is 2.72 bits per heavy atom. The van der Waals surface area contributed by atoms with Gasteiger partial charge in [0.2, 0.25) is 10.0 Å². The lowest BCUT2D eigenvalue weighted by Gasteiger charge is -2.28. The van der Waals surface area contributed by atoms with E-state index in [2.05, 4.69) is 4.72 Å². The summed E-state index contributed by atoms with van der Waals surface area (Å²) in [6, 6.07) is 3.73. The van der Waals surface area contributed by atoms with Crippen LogP contribution in [0.3, 0.4) is 0 Å². The molecule has 1 atom stereocenters. The molecule has 0 bridgehead atoms. The summed E-state index contributed by atoms with van der Waals surface area (Å²) < 4.78 is 52.9. The molecule has 0 amide bonds. The molecule has 1 aromatic rings. The molecular weight excluding hydrogens is 347 g/mol. The zero-order valence-corrected chi connectivity index (χ0v) is 15.0. The first-order valence-electron chi connectivity index (χ1n) is 8.68. The molecule has 6 nitrogen and oxygen atoms in total. The highest BCUT2D eigenvalue weighted by Crippen LogP contribution is 2.31. The standard InChI is InChI=1S/C17H25FN2O4S/c18-15-9-14(3-4-16(15)24-11-13-5-8-23-10-13)25(21,22)20-17(12-19)6-1-2-7-17/h3-4,9,13,20H,1-2,5-8,10-12,19H2. The molecule has 3 rings (SSSR count). The molecular formula is C17H25FN2O4S. The van der Waals surface area contributed by atoms with Crippen LogP contribution in [0.4, 0.5) is 4.39 Å². The summed E-state index contributed by atoms with van der Waals surface area (Å²) in [7, 11) is -3.83. The van der Waals surface area contributed by atoms with Crippen molar-refractivity contribution in [1.29, 1.82) is 0 Å². The van der Waals surface area contributed by atoms with Crippen molar-refractivity contribution in [1.82, 2.24) is 4.72 Å². The lowest BCUT2D eigenvalue weighted by molar-refractivity contribution is 0.165. The zero-order chi connectivity index (χ0) is 17.9. The van der Waals surface area contributed by atoms with Gasteiger partial charge in [0.15, 0.2) is 11.6 Å². The summed E-state index contributed by atoms with van der Waals surface area (Å²) >= 11 is 0. The van der Waals surface area contributed by atoms with Crippen molar-refractivity contribution in [2.24, 2.45) is 11.7 Å². The minimum atomic E-state index is -3.83. The minimum Gasteiger partial charge on any atom is -0.490 e. The van der Waals surface area contributed by atoms with E-state index in [1.54, 1.807) is 0 Å². The van der Waals surface area contributed by atoms with E-state index in [1.165, 1.54) is 12.1 Å². The van der Waals surface area contributed by atoms with Crippen molar-refractivity contribution in [2.75, 3.05) is 26.4 Å². The smallest absolute Gasteiger partial charge is 0.241 e. The molecule has 140 valence electrons. The molecule has 2 fully saturated rings. The van der Waals surface area contributed by atoms with Crippen molar-refractivity contribution in [3.05, 3.63) is 24.0 Å². The lowest BCUT2D eigenvalue weighted by atomic mass is 10.0. The number of hydrogen-bond acceptors (Lipinski definition) is 5. The second kappa shape index (κ2) is 7.57. The first-order chi connectivity index (χ1) is 11.9. The molecule has 0 radical (unpaired) electrons. The van der Waals surface area contributed by atoms with E-state index in [1.807, 2.05) is 0 Å². The lowest BCUT2D eigenvalue weighted by Crippen LogP contribution is -2.51. The Labute approximate surface area is 147 Å². The molecule has 8 heteroatoms. The van der Waals surface area contributed by atoms with Crippen LogP contribution in [-0.2, 0) is 14.8 Å². The number of sulfonamides is 1. The van der Waals surface area contributed by atoms with Crippen molar-refractivity contribution in [2.45, 2.75) is 42.5 Å². The predicted molar refractivity (Wildman–Crippen MR) is 91.4 cm³/mol. The quantitative estimate of drug-likeness (QED) is 0.762. The second-order valence-corrected chi connectivity index (χ2v) is 8.61. The number of hydrogen-bond donors (Lipinski definition) is 2. The fourth-order valence-corrected chi connectivity index (χ4v) is 4.91. The summed E-state index contributed by atoms with van der Waals surface area (Å²) in [6.45, 7) is 1.90. The van der Waals surface area contributed by atoms with Gasteiger partial charge in [0, 0.05) is 24.6 Å². The Morgan fingerprint density at radius 1 is 1.36 bits per heavy atom. The SMILES string of the molecule is NCC1(NS(=O)(=O)c2ccc(OCC3CCOC3)c(F)c2)CCCC1. The van der Waals surface area contributed by atoms with Gasteiger partial charge in [0.25, 0.3) is 0 Å². The van der Waals surface area contributed by atoms with Gasteiger partial charge in [0.1, 0.15) is 0 Å². The van der Waals surface area contributed by atoms with Crippen LogP contribution in [0.5, 0.6) is 5.75 Å². The van der Waals surface area contributed by atoms with Gasteiger partial charge in [-0.05, 0) is 37.5 Å². The van der Waals surface area contributed by atoms with E-state index < -0.39 is 21.4 Å². The van der Waals surface area contributed by atoms with Gasteiger partial charge in [-0.1, -0.05) is 12.8 Å². The van der Waals surface area contributed by atoms with E-state index >= 15 is 0 Å². The summed E-state index contributed by atoms with van der Waals surface area (Å²) in [6.07, 6.45) is 4.17. The highest BCUT2D eigenvalue weighted by Gasteiger charge is 2.37. The highest BCUT2D eigenvalue weighted by atomic mass is 32.2. The maximum absolute atomic E-state index is 14.3. The van der Waals surface area contributed by atoms with Gasteiger partial charge in [-0.25, -0.2) is 17.5 Å². The summed E-state index contributed by atoms with van der Waals surface area (Å²) in [4.78, 5) is -0.110. The first kappa shape index (κ1) is 18.6. The molecule has 1 saturated carbocycles. The Kier molecular flexibility index (Phi) is 5.62. The van der Waals surface area contributed by atoms with Crippen molar-refractivity contribution in [3.63, 3.8) is 0 Å². The van der Waals surface area contributed by atoms with Gasteiger partial charge < -0.3 is 15.2 Å². The fourth-order valence-electron chi connectivity index (χ4n) is 3.43. The molecule has 1 saturated heterocycles. The number of nitrogens with two attached hydrogens (primary N) is 1. The summed E-state index contributed by atoms with van der Waals surface area (Å²) in [5.74, 6) is -0.383. The Hall–Kier alpha value is -1.22. The Bertz CT molecular complexity index is 699. The number of nitrogens with one attached hydrogen (secondary N) is 1. The molecule has 1 heterocycles. The van der Waals surface area contributed by atoms with Crippen LogP contribution in [0.25, 0.3) is 0 Å². The third-order valence-electron chi connectivity index (χ3n) is 5.01. The van der Waals surface area contributed by atoms with Gasteiger partial charge in [-0.15, -0.1) is 0 Å². The van der Waals surface area contributed by atoms with Crippen LogP contribution in [0.2, 0.25) is 0 Å². The minimum absolute atomic E-state index is 0.0558. The number of benzene rings is 1. The van der Waals surface area contributed by atoms with Gasteiger partial charge in [-0.3, -0.25) is 0 Å². The molecule has 1 aromatic carbocycles. The van der Waals surface area contributed by atoms with Crippen LogP contribution in [-0.4, -0.2) is 40.3 Å². The van der Waals surface area contributed by atoms with Crippen LogP contribution in [0.1, 0.15) is 32.1 Å². The third kappa shape index (κ3) is 4.31. The third-order valence-corrected chi connectivity index (χ3v) is 6.59. The second-order valence-electron chi connectivity index (χ2n) is 6.93. The van der Waals surface area contributed by atoms with Crippen LogP contribution >= 0.6 is 0 Å². The van der Waals surface area contributed by atoms with Crippen molar-refractivity contribution < 1.29 is 22.3 Å². The number of ether oxygens (including phenoxy) is 2. The largest absolute Gasteiger partial charge is 0.490 e. The zero-order valence-electron chi connectivity index (χ0n) is 14.2. The average molecular weight is 372 g/mol. The topological polar surface area (TPSA) is 90.7 Å². The average Bonchev–Trinajstić information content (AvgIpc) is 3.25.